The van der Waals surface area contributed by atoms with E-state index in [0.29, 0.717) is 6.54 Å². The minimum Gasteiger partial charge on any atom is -0.352 e. The van der Waals surface area contributed by atoms with E-state index in [1.54, 1.807) is 7.05 Å². The monoisotopic (exact) mass is 490 g/mol. The number of halogens is 1. The van der Waals surface area contributed by atoms with Gasteiger partial charge in [-0.3, -0.25) is 14.5 Å². The lowest BCUT2D eigenvalue weighted by atomic mass is 10.1. The van der Waals surface area contributed by atoms with E-state index in [0.717, 1.165) is 44.0 Å². The summed E-state index contributed by atoms with van der Waals surface area (Å²) in [5.41, 5.74) is 3.67. The Morgan fingerprint density at radius 1 is 1.33 bits per heavy atom. The third kappa shape index (κ3) is 5.83. The van der Waals surface area contributed by atoms with Gasteiger partial charge < -0.3 is 15.5 Å². The van der Waals surface area contributed by atoms with E-state index in [4.69, 9.17) is 0 Å². The summed E-state index contributed by atoms with van der Waals surface area (Å²) in [7, 11) is 3.79. The molecule has 1 aromatic heterocycles. The molecule has 1 aliphatic heterocycles. The summed E-state index contributed by atoms with van der Waals surface area (Å²) in [5.74, 6) is 1.06. The molecule has 0 aliphatic carbocycles. The van der Waals surface area contributed by atoms with Crippen LogP contribution in [0.1, 0.15) is 51.1 Å². The van der Waals surface area contributed by atoms with Crippen LogP contribution in [-0.4, -0.2) is 52.7 Å². The van der Waals surface area contributed by atoms with Gasteiger partial charge in [0.15, 0.2) is 5.96 Å². The lowest BCUT2D eigenvalue weighted by Crippen LogP contribution is -2.45. The van der Waals surface area contributed by atoms with Crippen molar-refractivity contribution in [3.63, 3.8) is 0 Å². The standard InChI is InChI=1S/C19H34N6O.HI/c1-7-16-15(17(8-2)24(6)23-16)11-21-19(20-5)22-14-9-10-25(12-14)18(26)13(3)4;/h13-14H,7-12H2,1-6H3,(H2,20,21,22);1H. The van der Waals surface area contributed by atoms with Crippen LogP contribution < -0.4 is 10.6 Å². The first-order valence-corrected chi connectivity index (χ1v) is 9.70. The van der Waals surface area contributed by atoms with Gasteiger partial charge in [0.05, 0.1) is 5.69 Å². The number of likely N-dealkylation sites (tertiary alicyclic amines) is 1. The summed E-state index contributed by atoms with van der Waals surface area (Å²) in [4.78, 5) is 18.4. The lowest BCUT2D eigenvalue weighted by molar-refractivity contribution is -0.133. The zero-order valence-corrected chi connectivity index (χ0v) is 19.8. The average molecular weight is 490 g/mol. The molecule has 27 heavy (non-hydrogen) atoms. The van der Waals surface area contributed by atoms with Gasteiger partial charge in [0.2, 0.25) is 5.91 Å². The van der Waals surface area contributed by atoms with Gasteiger partial charge in [0.25, 0.3) is 0 Å². The van der Waals surface area contributed by atoms with Gasteiger partial charge in [-0.1, -0.05) is 27.7 Å². The second-order valence-corrected chi connectivity index (χ2v) is 7.20. The number of nitrogens with one attached hydrogen (secondary N) is 2. The predicted octanol–water partition coefficient (Wildman–Crippen LogP) is 2.08. The molecule has 2 N–H and O–H groups in total. The average Bonchev–Trinajstić information content (AvgIpc) is 3.21. The van der Waals surface area contributed by atoms with Crippen molar-refractivity contribution in [2.24, 2.45) is 18.0 Å². The number of guanidine groups is 1. The highest BCUT2D eigenvalue weighted by molar-refractivity contribution is 14.0. The molecule has 1 saturated heterocycles. The number of aryl methyl sites for hydroxylation is 2. The fourth-order valence-corrected chi connectivity index (χ4v) is 3.60. The molecule has 154 valence electrons. The van der Waals surface area contributed by atoms with Crippen LogP contribution in [0.25, 0.3) is 0 Å². The zero-order chi connectivity index (χ0) is 19.3. The Bertz CT molecular complexity index is 655. The molecule has 1 atom stereocenters. The first-order valence-electron chi connectivity index (χ1n) is 9.70. The second-order valence-electron chi connectivity index (χ2n) is 7.20. The van der Waals surface area contributed by atoms with E-state index >= 15 is 0 Å². The Labute approximate surface area is 180 Å². The minimum atomic E-state index is 0. The Hall–Kier alpha value is -1.32. The molecule has 0 bridgehead atoms. The molecule has 1 aromatic rings. The van der Waals surface area contributed by atoms with E-state index < -0.39 is 0 Å². The van der Waals surface area contributed by atoms with E-state index in [1.165, 1.54) is 11.3 Å². The highest BCUT2D eigenvalue weighted by Gasteiger charge is 2.28. The summed E-state index contributed by atoms with van der Waals surface area (Å²) >= 11 is 0. The Balaban J connectivity index is 0.00000364. The molecule has 0 saturated carbocycles. The fourth-order valence-electron chi connectivity index (χ4n) is 3.60. The SMILES string of the molecule is CCc1nn(C)c(CC)c1CNC(=NC)NC1CCN(C(=O)C(C)C)C1.I. The number of rotatable bonds is 6. The van der Waals surface area contributed by atoms with E-state index in [-0.39, 0.29) is 41.8 Å². The molecular weight excluding hydrogens is 455 g/mol. The summed E-state index contributed by atoms with van der Waals surface area (Å²) in [6, 6.07) is 0.245. The van der Waals surface area contributed by atoms with Crippen LogP contribution in [0.3, 0.4) is 0 Å². The zero-order valence-electron chi connectivity index (χ0n) is 17.5. The molecular formula is C19H35IN6O. The van der Waals surface area contributed by atoms with Gasteiger partial charge in [-0.05, 0) is 19.3 Å². The number of carbonyl (C=O) groups excluding carboxylic acids is 1. The van der Waals surface area contributed by atoms with Gasteiger partial charge >= 0.3 is 0 Å². The van der Waals surface area contributed by atoms with Crippen molar-refractivity contribution in [1.82, 2.24) is 25.3 Å². The maximum atomic E-state index is 12.1. The van der Waals surface area contributed by atoms with Crippen LogP contribution in [0.5, 0.6) is 0 Å². The molecule has 8 heteroatoms. The first-order chi connectivity index (χ1) is 12.4. The number of carbonyl (C=O) groups is 1. The van der Waals surface area contributed by atoms with Crippen molar-refractivity contribution in [2.45, 2.75) is 59.5 Å². The van der Waals surface area contributed by atoms with E-state index in [1.807, 2.05) is 30.5 Å². The third-order valence-corrected chi connectivity index (χ3v) is 5.02. The maximum Gasteiger partial charge on any atom is 0.225 e. The number of aliphatic imine (C=N–C) groups is 1. The Morgan fingerprint density at radius 2 is 2.04 bits per heavy atom. The topological polar surface area (TPSA) is 74.6 Å². The van der Waals surface area contributed by atoms with Crippen LogP contribution in [0.2, 0.25) is 0 Å². The van der Waals surface area contributed by atoms with Crippen molar-refractivity contribution in [3.8, 4) is 0 Å². The molecule has 1 unspecified atom stereocenters. The number of hydrogen-bond donors (Lipinski definition) is 2. The first kappa shape index (κ1) is 23.7. The van der Waals surface area contributed by atoms with Crippen LogP contribution in [0.4, 0.5) is 0 Å². The fraction of sp³-hybridized carbons (Fsp3) is 0.737. The Morgan fingerprint density at radius 3 is 2.59 bits per heavy atom. The highest BCUT2D eigenvalue weighted by atomic mass is 127. The van der Waals surface area contributed by atoms with Crippen molar-refractivity contribution >= 4 is 35.8 Å². The van der Waals surface area contributed by atoms with Gasteiger partial charge in [-0.25, -0.2) is 0 Å². The molecule has 2 heterocycles. The molecule has 1 amide bonds. The van der Waals surface area contributed by atoms with Crippen LogP contribution in [0.15, 0.2) is 4.99 Å². The molecule has 0 aromatic carbocycles. The van der Waals surface area contributed by atoms with Crippen LogP contribution in [0, 0.1) is 5.92 Å². The number of amides is 1. The lowest BCUT2D eigenvalue weighted by Gasteiger charge is -2.20. The number of hydrogen-bond acceptors (Lipinski definition) is 3. The molecule has 0 spiro atoms. The molecule has 1 fully saturated rings. The van der Waals surface area contributed by atoms with Crippen molar-refractivity contribution < 1.29 is 4.79 Å². The van der Waals surface area contributed by atoms with Crippen molar-refractivity contribution in [2.75, 3.05) is 20.1 Å². The highest BCUT2D eigenvalue weighted by Crippen LogP contribution is 2.16. The van der Waals surface area contributed by atoms with Gasteiger partial charge in [-0.2, -0.15) is 5.10 Å². The molecule has 0 radical (unpaired) electrons. The van der Waals surface area contributed by atoms with Gasteiger partial charge in [0.1, 0.15) is 0 Å². The minimum absolute atomic E-state index is 0. The van der Waals surface area contributed by atoms with E-state index in [2.05, 4.69) is 34.6 Å². The maximum absolute atomic E-state index is 12.1. The summed E-state index contributed by atoms with van der Waals surface area (Å²) in [5, 5.41) is 11.5. The summed E-state index contributed by atoms with van der Waals surface area (Å²) in [6.07, 6.45) is 2.83. The quantitative estimate of drug-likeness (QED) is 0.364. The Kier molecular flexibility index (Phi) is 9.55. The van der Waals surface area contributed by atoms with Crippen LogP contribution in [-0.2, 0) is 31.2 Å². The smallest absolute Gasteiger partial charge is 0.225 e. The van der Waals surface area contributed by atoms with Gasteiger partial charge in [-0.15, -0.1) is 24.0 Å². The van der Waals surface area contributed by atoms with Crippen molar-refractivity contribution in [1.29, 1.82) is 0 Å². The number of nitrogens with zero attached hydrogens (tertiary/aromatic N) is 4. The van der Waals surface area contributed by atoms with Crippen LogP contribution >= 0.6 is 24.0 Å². The molecule has 1 aliphatic rings. The molecule has 2 rings (SSSR count). The van der Waals surface area contributed by atoms with Gasteiger partial charge in [0, 0.05) is 56.9 Å². The predicted molar refractivity (Wildman–Crippen MR) is 121 cm³/mol. The number of aromatic nitrogens is 2. The normalized spacial score (nSPS) is 17.2. The largest absolute Gasteiger partial charge is 0.352 e. The summed E-state index contributed by atoms with van der Waals surface area (Å²) < 4.78 is 1.98. The van der Waals surface area contributed by atoms with E-state index in [9.17, 15) is 4.79 Å². The van der Waals surface area contributed by atoms with Crippen molar-refractivity contribution in [3.05, 3.63) is 17.0 Å². The summed E-state index contributed by atoms with van der Waals surface area (Å²) in [6.45, 7) is 10.5. The molecule has 7 nitrogen and oxygen atoms in total. The second kappa shape index (κ2) is 10.9. The third-order valence-electron chi connectivity index (χ3n) is 5.02.